The largest absolute Gasteiger partial charge is 0.489 e. The van der Waals surface area contributed by atoms with Gasteiger partial charge in [0, 0.05) is 24.5 Å². The minimum Gasteiger partial charge on any atom is -0.489 e. The number of benzene rings is 2. The molecule has 3 rings (SSSR count). The fraction of sp³-hybridized carbons (Fsp3) is 0.0500. The summed E-state index contributed by atoms with van der Waals surface area (Å²) in [5.41, 5.74) is 4.44. The molecule has 1 amide bonds. The number of hydrogen-bond donors (Lipinski definition) is 1. The van der Waals surface area contributed by atoms with Crippen LogP contribution in [0.4, 0.5) is 5.69 Å². The van der Waals surface area contributed by atoms with Gasteiger partial charge in [-0.2, -0.15) is 5.10 Å². The molecular weight excluding hydrogens is 360 g/mol. The first-order chi connectivity index (χ1) is 13.6. The fourth-order valence-electron chi connectivity index (χ4n) is 2.29. The van der Waals surface area contributed by atoms with Crippen molar-refractivity contribution in [2.45, 2.75) is 6.61 Å². The summed E-state index contributed by atoms with van der Waals surface area (Å²) in [5.74, 6) is 0.260. The molecule has 0 bridgehead atoms. The van der Waals surface area contributed by atoms with E-state index in [4.69, 9.17) is 4.74 Å². The van der Waals surface area contributed by atoms with Crippen LogP contribution < -0.4 is 10.2 Å². The topological polar surface area (TPSA) is 107 Å². The van der Waals surface area contributed by atoms with Crippen LogP contribution in [0.25, 0.3) is 0 Å². The van der Waals surface area contributed by atoms with Gasteiger partial charge in [0.05, 0.1) is 16.7 Å². The highest BCUT2D eigenvalue weighted by Crippen LogP contribution is 2.16. The quantitative estimate of drug-likeness (QED) is 0.387. The number of aromatic nitrogens is 1. The first kappa shape index (κ1) is 18.7. The van der Waals surface area contributed by atoms with Crippen LogP contribution in [-0.4, -0.2) is 22.0 Å². The van der Waals surface area contributed by atoms with Crippen molar-refractivity contribution < 1.29 is 14.5 Å². The van der Waals surface area contributed by atoms with E-state index in [1.54, 1.807) is 48.7 Å². The summed E-state index contributed by atoms with van der Waals surface area (Å²) >= 11 is 0. The molecule has 1 aromatic heterocycles. The van der Waals surface area contributed by atoms with Crippen LogP contribution in [0.2, 0.25) is 0 Å². The monoisotopic (exact) mass is 376 g/mol. The minimum absolute atomic E-state index is 0.0373. The Morgan fingerprint density at radius 2 is 2.00 bits per heavy atom. The third-order valence-electron chi connectivity index (χ3n) is 3.71. The van der Waals surface area contributed by atoms with Crippen LogP contribution in [0.5, 0.6) is 5.75 Å². The number of hydrogen-bond acceptors (Lipinski definition) is 6. The van der Waals surface area contributed by atoms with E-state index in [0.29, 0.717) is 11.3 Å². The number of carbonyl (C=O) groups is 1. The summed E-state index contributed by atoms with van der Waals surface area (Å²) in [5, 5.41) is 14.6. The summed E-state index contributed by atoms with van der Waals surface area (Å²) in [6.07, 6.45) is 4.55. The Hall–Kier alpha value is -4.07. The number of carbonyl (C=O) groups excluding carboxylic acids is 1. The predicted octanol–water partition coefficient (Wildman–Crippen LogP) is 3.33. The standard InChI is InChI=1S/C20H16N4O4/c25-20(17-4-2-10-21-13-17)23-22-12-16-3-1-5-19(11-16)28-14-15-6-8-18(9-7-15)24(26)27/h1-13H,14H2,(H,23,25)/b22-12-. The van der Waals surface area contributed by atoms with Gasteiger partial charge in [-0.25, -0.2) is 5.43 Å². The van der Waals surface area contributed by atoms with Crippen molar-refractivity contribution >= 4 is 17.8 Å². The summed E-state index contributed by atoms with van der Waals surface area (Å²) in [4.78, 5) is 26.0. The highest BCUT2D eigenvalue weighted by molar-refractivity contribution is 5.94. The Morgan fingerprint density at radius 3 is 2.71 bits per heavy atom. The Labute approximate surface area is 160 Å². The zero-order valence-electron chi connectivity index (χ0n) is 14.7. The smallest absolute Gasteiger partial charge is 0.272 e. The number of pyridine rings is 1. The second-order valence-corrected chi connectivity index (χ2v) is 5.73. The average Bonchev–Trinajstić information content (AvgIpc) is 2.73. The average molecular weight is 376 g/mol. The summed E-state index contributed by atoms with van der Waals surface area (Å²) in [6.45, 7) is 0.274. The molecule has 8 heteroatoms. The van der Waals surface area contributed by atoms with Crippen LogP contribution in [-0.2, 0) is 6.61 Å². The molecule has 1 N–H and O–H groups in total. The molecule has 0 aliphatic carbocycles. The van der Waals surface area contributed by atoms with E-state index in [1.165, 1.54) is 24.5 Å². The maximum absolute atomic E-state index is 11.9. The van der Waals surface area contributed by atoms with Gasteiger partial charge in [-0.3, -0.25) is 19.9 Å². The Kier molecular flexibility index (Phi) is 6.04. The van der Waals surface area contributed by atoms with Gasteiger partial charge >= 0.3 is 0 Å². The van der Waals surface area contributed by atoms with Crippen molar-refractivity contribution in [3.8, 4) is 5.75 Å². The number of nitrogens with zero attached hydrogens (tertiary/aromatic N) is 3. The molecule has 0 spiro atoms. The lowest BCUT2D eigenvalue weighted by atomic mass is 10.2. The number of ether oxygens (including phenoxy) is 1. The molecule has 140 valence electrons. The van der Waals surface area contributed by atoms with Crippen molar-refractivity contribution in [1.82, 2.24) is 10.4 Å². The zero-order valence-corrected chi connectivity index (χ0v) is 14.7. The Bertz CT molecular complexity index is 989. The Balaban J connectivity index is 1.56. The van der Waals surface area contributed by atoms with Crippen molar-refractivity contribution in [2.24, 2.45) is 5.10 Å². The third-order valence-corrected chi connectivity index (χ3v) is 3.71. The molecule has 0 fully saturated rings. The van der Waals surface area contributed by atoms with Crippen LogP contribution in [0.15, 0.2) is 78.2 Å². The number of nitro benzene ring substituents is 1. The molecule has 3 aromatic rings. The van der Waals surface area contributed by atoms with E-state index in [0.717, 1.165) is 11.1 Å². The lowest BCUT2D eigenvalue weighted by molar-refractivity contribution is -0.384. The summed E-state index contributed by atoms with van der Waals surface area (Å²) in [7, 11) is 0. The van der Waals surface area contributed by atoms with E-state index < -0.39 is 4.92 Å². The number of non-ortho nitro benzene ring substituents is 1. The normalized spacial score (nSPS) is 10.6. The number of rotatable bonds is 7. The first-order valence-corrected chi connectivity index (χ1v) is 8.31. The molecular formula is C20H16N4O4. The third kappa shape index (κ3) is 5.21. The molecule has 0 radical (unpaired) electrons. The molecule has 0 saturated heterocycles. The molecule has 28 heavy (non-hydrogen) atoms. The molecule has 0 unspecified atom stereocenters. The van der Waals surface area contributed by atoms with E-state index in [2.05, 4.69) is 15.5 Å². The summed E-state index contributed by atoms with van der Waals surface area (Å²) < 4.78 is 5.70. The van der Waals surface area contributed by atoms with Crippen molar-refractivity contribution in [3.63, 3.8) is 0 Å². The van der Waals surface area contributed by atoms with Crippen LogP contribution in [0.1, 0.15) is 21.5 Å². The lowest BCUT2D eigenvalue weighted by Crippen LogP contribution is -2.17. The zero-order chi connectivity index (χ0) is 19.8. The first-order valence-electron chi connectivity index (χ1n) is 8.31. The van der Waals surface area contributed by atoms with E-state index in [-0.39, 0.29) is 18.2 Å². The SMILES string of the molecule is O=C(N/N=C\c1cccc(OCc2ccc([N+](=O)[O-])cc2)c1)c1cccnc1. The maximum atomic E-state index is 11.9. The highest BCUT2D eigenvalue weighted by Gasteiger charge is 2.05. The van der Waals surface area contributed by atoms with E-state index >= 15 is 0 Å². The lowest BCUT2D eigenvalue weighted by Gasteiger charge is -2.07. The van der Waals surface area contributed by atoms with E-state index in [9.17, 15) is 14.9 Å². The maximum Gasteiger partial charge on any atom is 0.272 e. The minimum atomic E-state index is -0.444. The number of nitrogens with one attached hydrogen (secondary N) is 1. The van der Waals surface area contributed by atoms with Gasteiger partial charge in [-0.05, 0) is 47.5 Å². The van der Waals surface area contributed by atoms with Crippen molar-refractivity contribution in [1.29, 1.82) is 0 Å². The molecule has 2 aromatic carbocycles. The van der Waals surface area contributed by atoms with Crippen LogP contribution in [0, 0.1) is 10.1 Å². The molecule has 0 aliphatic rings. The Morgan fingerprint density at radius 1 is 1.18 bits per heavy atom. The number of amides is 1. The van der Waals surface area contributed by atoms with E-state index in [1.807, 2.05) is 6.07 Å². The van der Waals surface area contributed by atoms with Gasteiger partial charge in [0.15, 0.2) is 0 Å². The van der Waals surface area contributed by atoms with Gasteiger partial charge < -0.3 is 4.74 Å². The molecule has 1 heterocycles. The predicted molar refractivity (Wildman–Crippen MR) is 103 cm³/mol. The van der Waals surface area contributed by atoms with Crippen LogP contribution >= 0.6 is 0 Å². The van der Waals surface area contributed by atoms with Gasteiger partial charge in [-0.15, -0.1) is 0 Å². The van der Waals surface area contributed by atoms with Crippen molar-refractivity contribution in [2.75, 3.05) is 0 Å². The van der Waals surface area contributed by atoms with Crippen LogP contribution in [0.3, 0.4) is 0 Å². The molecule has 0 atom stereocenters. The second kappa shape index (κ2) is 9.04. The van der Waals surface area contributed by atoms with Gasteiger partial charge in [-0.1, -0.05) is 12.1 Å². The molecule has 0 saturated carbocycles. The number of hydrazone groups is 1. The highest BCUT2D eigenvalue weighted by atomic mass is 16.6. The van der Waals surface area contributed by atoms with Gasteiger partial charge in [0.25, 0.3) is 11.6 Å². The van der Waals surface area contributed by atoms with Crippen molar-refractivity contribution in [3.05, 3.63) is 99.9 Å². The number of nitro groups is 1. The van der Waals surface area contributed by atoms with Gasteiger partial charge in [0.2, 0.25) is 0 Å². The second-order valence-electron chi connectivity index (χ2n) is 5.73. The summed E-state index contributed by atoms with van der Waals surface area (Å²) in [6, 6.07) is 16.7. The van der Waals surface area contributed by atoms with Gasteiger partial charge in [0.1, 0.15) is 12.4 Å². The molecule has 8 nitrogen and oxygen atoms in total. The fourth-order valence-corrected chi connectivity index (χ4v) is 2.29. The molecule has 0 aliphatic heterocycles.